The van der Waals surface area contributed by atoms with Crippen molar-refractivity contribution in [2.75, 3.05) is 13.0 Å². The highest BCUT2D eigenvalue weighted by atomic mass is 35.5. The number of carbonyl (C=O) groups is 2. The second-order valence-electron chi connectivity index (χ2n) is 8.43. The second kappa shape index (κ2) is 12.9. The molecule has 0 spiro atoms. The Morgan fingerprint density at radius 2 is 2.10 bits per heavy atom. The molecule has 0 heterocycles. The summed E-state index contributed by atoms with van der Waals surface area (Å²) in [7, 11) is 1.27. The van der Waals surface area contributed by atoms with Crippen LogP contribution in [0, 0.1) is 5.92 Å². The fourth-order valence-electron chi connectivity index (χ4n) is 4.06. The van der Waals surface area contributed by atoms with Gasteiger partial charge in [0.15, 0.2) is 0 Å². The maximum atomic E-state index is 12.1. The smallest absolute Gasteiger partial charge is 0.337 e. The molecule has 2 aliphatic carbocycles. The number of methoxy groups -OCH3 is 1. The number of aliphatic hydroxyl groups excluding tert-OH is 1. The Kier molecular flexibility index (Phi) is 10.6. The molecule has 0 aromatic carbocycles. The van der Waals surface area contributed by atoms with Crippen LogP contribution in [-0.4, -0.2) is 40.6 Å². The SMILES string of the molecule is COC(=O)C(=C(O)CCCC/C=C/C[C@@](O)(/C=C/C1=CCCC1)CCl)[C@H]1CCCC1=O. The van der Waals surface area contributed by atoms with E-state index in [1.54, 1.807) is 6.08 Å². The van der Waals surface area contributed by atoms with Gasteiger partial charge in [0.2, 0.25) is 0 Å². The molecular formula is C25H35ClO5. The number of unbranched alkanes of at least 4 members (excludes halogenated alkanes) is 2. The maximum absolute atomic E-state index is 12.1. The number of allylic oxidation sites excluding steroid dienone is 5. The molecule has 0 saturated heterocycles. The third-order valence-electron chi connectivity index (χ3n) is 5.96. The molecular weight excluding hydrogens is 416 g/mol. The van der Waals surface area contributed by atoms with Crippen molar-refractivity contribution in [3.8, 4) is 0 Å². The molecule has 0 unspecified atom stereocenters. The van der Waals surface area contributed by atoms with Crippen molar-refractivity contribution in [2.24, 2.45) is 5.92 Å². The summed E-state index contributed by atoms with van der Waals surface area (Å²) in [5.74, 6) is -1.04. The number of carbonyl (C=O) groups excluding carboxylic acids is 2. The van der Waals surface area contributed by atoms with E-state index in [0.29, 0.717) is 32.1 Å². The number of hydrogen-bond acceptors (Lipinski definition) is 5. The number of aliphatic hydroxyl groups is 2. The topological polar surface area (TPSA) is 83.8 Å². The minimum Gasteiger partial charge on any atom is -0.512 e. The van der Waals surface area contributed by atoms with E-state index >= 15 is 0 Å². The van der Waals surface area contributed by atoms with E-state index in [2.05, 4.69) is 6.08 Å². The zero-order chi connectivity index (χ0) is 22.7. The predicted octanol–water partition coefficient (Wildman–Crippen LogP) is 5.48. The van der Waals surface area contributed by atoms with Gasteiger partial charge in [0, 0.05) is 12.8 Å². The quantitative estimate of drug-likeness (QED) is 0.103. The van der Waals surface area contributed by atoms with Crippen molar-refractivity contribution >= 4 is 23.4 Å². The molecule has 1 saturated carbocycles. The Balaban J connectivity index is 1.78. The van der Waals surface area contributed by atoms with E-state index in [1.165, 1.54) is 19.1 Å². The van der Waals surface area contributed by atoms with E-state index in [0.717, 1.165) is 32.1 Å². The minimum absolute atomic E-state index is 0.0000619. The average molecular weight is 451 g/mol. The fraction of sp³-hybridized carbons (Fsp3) is 0.600. The van der Waals surface area contributed by atoms with Crippen LogP contribution in [0.15, 0.2) is 47.3 Å². The zero-order valence-electron chi connectivity index (χ0n) is 18.4. The van der Waals surface area contributed by atoms with Crippen LogP contribution >= 0.6 is 11.6 Å². The first-order valence-corrected chi connectivity index (χ1v) is 11.8. The lowest BCUT2D eigenvalue weighted by Gasteiger charge is -2.19. The summed E-state index contributed by atoms with van der Waals surface area (Å²) in [5.41, 5.74) is 0.342. The van der Waals surface area contributed by atoms with Gasteiger partial charge in [-0.2, -0.15) is 0 Å². The monoisotopic (exact) mass is 450 g/mol. The van der Waals surface area contributed by atoms with Crippen LogP contribution in [0.3, 0.4) is 0 Å². The predicted molar refractivity (Wildman–Crippen MR) is 123 cm³/mol. The van der Waals surface area contributed by atoms with Crippen LogP contribution in [0.4, 0.5) is 0 Å². The largest absolute Gasteiger partial charge is 0.512 e. The van der Waals surface area contributed by atoms with Gasteiger partial charge in [0.25, 0.3) is 0 Å². The van der Waals surface area contributed by atoms with Gasteiger partial charge >= 0.3 is 5.97 Å². The molecule has 2 N–H and O–H groups in total. The highest BCUT2D eigenvalue weighted by Crippen LogP contribution is 2.31. The number of hydrogen-bond donors (Lipinski definition) is 2. The second-order valence-corrected chi connectivity index (χ2v) is 8.69. The molecule has 0 aliphatic heterocycles. The van der Waals surface area contributed by atoms with Gasteiger partial charge in [0.1, 0.15) is 11.5 Å². The number of alkyl halides is 1. The summed E-state index contributed by atoms with van der Waals surface area (Å²) in [6.45, 7) is 0. The molecule has 1 fully saturated rings. The summed E-state index contributed by atoms with van der Waals surface area (Å²) >= 11 is 5.97. The maximum Gasteiger partial charge on any atom is 0.337 e. The van der Waals surface area contributed by atoms with Crippen molar-refractivity contribution in [2.45, 2.75) is 76.2 Å². The van der Waals surface area contributed by atoms with Gasteiger partial charge in [-0.05, 0) is 57.8 Å². The van der Waals surface area contributed by atoms with E-state index in [4.69, 9.17) is 16.3 Å². The van der Waals surface area contributed by atoms with Crippen LogP contribution in [0.1, 0.15) is 70.6 Å². The number of halogens is 1. The number of ketones is 1. The Morgan fingerprint density at radius 3 is 2.71 bits per heavy atom. The van der Waals surface area contributed by atoms with Crippen LogP contribution in [0.2, 0.25) is 0 Å². The summed E-state index contributed by atoms with van der Waals surface area (Å²) in [6.07, 6.45) is 18.1. The highest BCUT2D eigenvalue weighted by Gasteiger charge is 2.34. The van der Waals surface area contributed by atoms with E-state index in [9.17, 15) is 19.8 Å². The lowest BCUT2D eigenvalue weighted by atomic mass is 9.93. The summed E-state index contributed by atoms with van der Waals surface area (Å²) in [6, 6.07) is 0. The normalized spacial score (nSPS) is 22.1. The molecule has 172 valence electrons. The number of rotatable bonds is 12. The Morgan fingerprint density at radius 1 is 1.29 bits per heavy atom. The fourth-order valence-corrected chi connectivity index (χ4v) is 4.26. The third-order valence-corrected chi connectivity index (χ3v) is 6.42. The van der Waals surface area contributed by atoms with Gasteiger partial charge in [-0.3, -0.25) is 4.79 Å². The first kappa shape index (κ1) is 25.4. The van der Waals surface area contributed by atoms with E-state index < -0.39 is 17.5 Å². The molecule has 31 heavy (non-hydrogen) atoms. The summed E-state index contributed by atoms with van der Waals surface area (Å²) in [5, 5.41) is 21.0. The molecule has 6 heteroatoms. The molecule has 2 rings (SSSR count). The Labute approximate surface area is 190 Å². The van der Waals surface area contributed by atoms with Gasteiger partial charge in [-0.25, -0.2) is 4.79 Å². The average Bonchev–Trinajstić information content (AvgIpc) is 3.44. The molecule has 2 atom stereocenters. The molecule has 5 nitrogen and oxygen atoms in total. The van der Waals surface area contributed by atoms with Crippen LogP contribution in [0.5, 0.6) is 0 Å². The van der Waals surface area contributed by atoms with Crippen molar-refractivity contribution in [3.63, 3.8) is 0 Å². The van der Waals surface area contributed by atoms with E-state index in [-0.39, 0.29) is 23.0 Å². The van der Waals surface area contributed by atoms with Gasteiger partial charge in [-0.15, -0.1) is 11.6 Å². The first-order valence-electron chi connectivity index (χ1n) is 11.2. The zero-order valence-corrected chi connectivity index (χ0v) is 19.2. The standard InChI is InChI=1S/C25H35ClO5/c1-31-24(29)23(20-12-9-14-21(20)27)22(28)13-5-3-2-4-8-16-25(30,18-26)17-15-19-10-6-7-11-19/h4,8,10,15,17,20,28,30H,2-3,5-7,9,11-14,16,18H2,1H3/b8-4+,17-15+,23-22?/t20-,25+/m0/s1. The van der Waals surface area contributed by atoms with Crippen molar-refractivity contribution in [3.05, 3.63) is 47.3 Å². The number of esters is 1. The van der Waals surface area contributed by atoms with Crippen LogP contribution in [0.25, 0.3) is 0 Å². The molecule has 0 amide bonds. The molecule has 0 radical (unpaired) electrons. The summed E-state index contributed by atoms with van der Waals surface area (Å²) < 4.78 is 4.78. The molecule has 2 aliphatic rings. The lowest BCUT2D eigenvalue weighted by Crippen LogP contribution is -2.27. The highest BCUT2D eigenvalue weighted by molar-refractivity contribution is 6.18. The van der Waals surface area contributed by atoms with Crippen molar-refractivity contribution in [1.82, 2.24) is 0 Å². The molecule has 0 aromatic heterocycles. The molecule has 0 bridgehead atoms. The minimum atomic E-state index is -1.05. The first-order chi connectivity index (χ1) is 14.9. The van der Waals surface area contributed by atoms with Gasteiger partial charge < -0.3 is 14.9 Å². The Bertz CT molecular complexity index is 749. The molecule has 0 aromatic rings. The lowest BCUT2D eigenvalue weighted by molar-refractivity contribution is -0.138. The third kappa shape index (κ3) is 7.97. The van der Waals surface area contributed by atoms with Gasteiger partial charge in [0.05, 0.1) is 30.1 Å². The van der Waals surface area contributed by atoms with Crippen LogP contribution in [-0.2, 0) is 14.3 Å². The van der Waals surface area contributed by atoms with Crippen molar-refractivity contribution < 1.29 is 24.5 Å². The summed E-state index contributed by atoms with van der Waals surface area (Å²) in [4.78, 5) is 24.1. The van der Waals surface area contributed by atoms with Crippen molar-refractivity contribution in [1.29, 1.82) is 0 Å². The Hall–Kier alpha value is -1.85. The number of ether oxygens (including phenoxy) is 1. The number of Topliss-reactive ketones (excluding diaryl/α,β-unsaturated/α-hetero) is 1. The van der Waals surface area contributed by atoms with E-state index in [1.807, 2.05) is 18.2 Å². The van der Waals surface area contributed by atoms with Gasteiger partial charge in [-0.1, -0.05) is 36.0 Å². The van der Waals surface area contributed by atoms with Crippen LogP contribution < -0.4 is 0 Å².